The largest absolute Gasteiger partial charge is 0.307 e. The number of aryl methyl sites for hydroxylation is 1. The number of rotatable bonds is 6. The molecule has 0 spiro atoms. The van der Waals surface area contributed by atoms with Crippen molar-refractivity contribution >= 4 is 0 Å². The lowest BCUT2D eigenvalue weighted by Gasteiger charge is -2.42. The van der Waals surface area contributed by atoms with Crippen molar-refractivity contribution in [2.45, 2.75) is 58.7 Å². The third kappa shape index (κ3) is 2.84. The van der Waals surface area contributed by atoms with Gasteiger partial charge in [0.25, 0.3) is 0 Å². The van der Waals surface area contributed by atoms with Crippen molar-refractivity contribution in [3.8, 4) is 0 Å². The maximum Gasteiger partial charge on any atom is 0.0673 e. The Bertz CT molecular complexity index is 391. The van der Waals surface area contributed by atoms with Crippen LogP contribution in [0.5, 0.6) is 0 Å². The minimum Gasteiger partial charge on any atom is -0.307 e. The van der Waals surface area contributed by atoms with E-state index in [1.54, 1.807) is 0 Å². The second-order valence-electron chi connectivity index (χ2n) is 5.91. The van der Waals surface area contributed by atoms with E-state index in [9.17, 15) is 0 Å². The van der Waals surface area contributed by atoms with Crippen molar-refractivity contribution in [1.82, 2.24) is 20.0 Å². The van der Waals surface area contributed by atoms with Gasteiger partial charge in [0, 0.05) is 18.3 Å². The molecule has 0 bridgehead atoms. The molecule has 1 unspecified atom stereocenters. The minimum atomic E-state index is 0.124. The number of likely N-dealkylation sites (N-methyl/N-ethyl adjacent to an activating group) is 1. The summed E-state index contributed by atoms with van der Waals surface area (Å²) in [5.41, 5.74) is 1.43. The topological polar surface area (TPSA) is 33.1 Å². The molecule has 0 aromatic carbocycles. The maximum absolute atomic E-state index is 4.44. The fourth-order valence-electron chi connectivity index (χ4n) is 3.25. The number of hydrogen-bond acceptors (Lipinski definition) is 3. The average Bonchev–Trinajstić information content (AvgIpc) is 3.06. The van der Waals surface area contributed by atoms with Gasteiger partial charge in [-0.25, -0.2) is 0 Å². The first-order chi connectivity index (χ1) is 9.11. The zero-order chi connectivity index (χ0) is 13.9. The van der Waals surface area contributed by atoms with Crippen LogP contribution in [-0.4, -0.2) is 39.9 Å². The Morgan fingerprint density at radius 1 is 1.32 bits per heavy atom. The zero-order valence-corrected chi connectivity index (χ0v) is 12.8. The molecule has 4 nitrogen and oxygen atoms in total. The van der Waals surface area contributed by atoms with Gasteiger partial charge in [0.2, 0.25) is 0 Å². The van der Waals surface area contributed by atoms with Gasteiger partial charge in [0.1, 0.15) is 0 Å². The van der Waals surface area contributed by atoms with Gasteiger partial charge in [0.15, 0.2) is 0 Å². The second-order valence-corrected chi connectivity index (χ2v) is 5.91. The second kappa shape index (κ2) is 6.06. The molecule has 1 aliphatic heterocycles. The van der Waals surface area contributed by atoms with Crippen LogP contribution in [0.25, 0.3) is 0 Å². The SMILES string of the molecule is CCNC(c1ccnn1CC)C(C)(C)N1CCCC1. The monoisotopic (exact) mass is 264 g/mol. The van der Waals surface area contributed by atoms with Crippen LogP contribution in [0.2, 0.25) is 0 Å². The van der Waals surface area contributed by atoms with Gasteiger partial charge < -0.3 is 5.32 Å². The Labute approximate surface area is 117 Å². The Balaban J connectivity index is 2.28. The summed E-state index contributed by atoms with van der Waals surface area (Å²) in [6.45, 7) is 13.4. The van der Waals surface area contributed by atoms with Crippen molar-refractivity contribution in [1.29, 1.82) is 0 Å². The number of likely N-dealkylation sites (tertiary alicyclic amines) is 1. The van der Waals surface area contributed by atoms with E-state index >= 15 is 0 Å². The van der Waals surface area contributed by atoms with E-state index in [-0.39, 0.29) is 5.54 Å². The quantitative estimate of drug-likeness (QED) is 0.856. The molecule has 0 aliphatic carbocycles. The molecule has 2 heterocycles. The fraction of sp³-hybridized carbons (Fsp3) is 0.800. The van der Waals surface area contributed by atoms with E-state index in [2.05, 4.69) is 53.8 Å². The van der Waals surface area contributed by atoms with Gasteiger partial charge in [-0.3, -0.25) is 9.58 Å². The molecule has 0 amide bonds. The lowest BCUT2D eigenvalue weighted by atomic mass is 9.89. The molecular formula is C15H28N4. The third-order valence-corrected chi connectivity index (χ3v) is 4.38. The highest BCUT2D eigenvalue weighted by atomic mass is 15.3. The van der Waals surface area contributed by atoms with Gasteiger partial charge in [-0.15, -0.1) is 0 Å². The molecule has 1 atom stereocenters. The number of nitrogens with one attached hydrogen (secondary N) is 1. The minimum absolute atomic E-state index is 0.124. The van der Waals surface area contributed by atoms with Crippen LogP contribution < -0.4 is 5.32 Å². The molecule has 4 heteroatoms. The lowest BCUT2D eigenvalue weighted by molar-refractivity contribution is 0.103. The summed E-state index contributed by atoms with van der Waals surface area (Å²) in [6.07, 6.45) is 4.58. The molecule has 1 aromatic heterocycles. The van der Waals surface area contributed by atoms with E-state index in [1.165, 1.54) is 31.6 Å². The normalized spacial score (nSPS) is 18.9. The van der Waals surface area contributed by atoms with Gasteiger partial charge in [-0.05, 0) is 59.3 Å². The van der Waals surface area contributed by atoms with E-state index in [1.807, 2.05) is 6.20 Å². The van der Waals surface area contributed by atoms with Crippen LogP contribution in [0.15, 0.2) is 12.3 Å². The zero-order valence-electron chi connectivity index (χ0n) is 12.8. The van der Waals surface area contributed by atoms with Gasteiger partial charge in [-0.1, -0.05) is 6.92 Å². The fourth-order valence-corrected chi connectivity index (χ4v) is 3.25. The average molecular weight is 264 g/mol. The van der Waals surface area contributed by atoms with E-state index in [0.717, 1.165) is 13.1 Å². The van der Waals surface area contributed by atoms with Crippen molar-refractivity contribution in [3.05, 3.63) is 18.0 Å². The van der Waals surface area contributed by atoms with E-state index in [4.69, 9.17) is 0 Å². The highest BCUT2D eigenvalue weighted by Crippen LogP contribution is 2.33. The molecule has 0 radical (unpaired) electrons. The van der Waals surface area contributed by atoms with Crippen LogP contribution in [-0.2, 0) is 6.54 Å². The molecule has 1 saturated heterocycles. The molecule has 1 aliphatic rings. The predicted molar refractivity (Wildman–Crippen MR) is 79.2 cm³/mol. The van der Waals surface area contributed by atoms with Crippen molar-refractivity contribution in [2.75, 3.05) is 19.6 Å². The molecule has 2 rings (SSSR count). The molecule has 1 fully saturated rings. The molecule has 108 valence electrons. The van der Waals surface area contributed by atoms with E-state index < -0.39 is 0 Å². The summed E-state index contributed by atoms with van der Waals surface area (Å²) >= 11 is 0. The third-order valence-electron chi connectivity index (χ3n) is 4.38. The number of nitrogens with zero attached hydrogens (tertiary/aromatic N) is 3. The van der Waals surface area contributed by atoms with Crippen LogP contribution in [0.3, 0.4) is 0 Å². The van der Waals surface area contributed by atoms with E-state index in [0.29, 0.717) is 6.04 Å². The Hall–Kier alpha value is -0.870. The summed E-state index contributed by atoms with van der Waals surface area (Å²) in [5.74, 6) is 0. The number of hydrogen-bond donors (Lipinski definition) is 1. The summed E-state index contributed by atoms with van der Waals surface area (Å²) in [5, 5.41) is 8.11. The highest BCUT2D eigenvalue weighted by Gasteiger charge is 2.38. The predicted octanol–water partition coefficient (Wildman–Crippen LogP) is 2.43. The highest BCUT2D eigenvalue weighted by molar-refractivity contribution is 5.14. The first-order valence-electron chi connectivity index (χ1n) is 7.61. The summed E-state index contributed by atoms with van der Waals surface area (Å²) in [7, 11) is 0. The molecule has 19 heavy (non-hydrogen) atoms. The Kier molecular flexibility index (Phi) is 4.63. The summed E-state index contributed by atoms with van der Waals surface area (Å²) in [4.78, 5) is 2.62. The van der Waals surface area contributed by atoms with Crippen molar-refractivity contribution in [2.24, 2.45) is 0 Å². The summed E-state index contributed by atoms with van der Waals surface area (Å²) in [6, 6.07) is 2.49. The smallest absolute Gasteiger partial charge is 0.0673 e. The molecule has 1 N–H and O–H groups in total. The van der Waals surface area contributed by atoms with Crippen LogP contribution in [0, 0.1) is 0 Å². The van der Waals surface area contributed by atoms with Crippen LogP contribution in [0.4, 0.5) is 0 Å². The van der Waals surface area contributed by atoms with Gasteiger partial charge >= 0.3 is 0 Å². The maximum atomic E-state index is 4.44. The Morgan fingerprint density at radius 3 is 2.58 bits per heavy atom. The molecule has 1 aromatic rings. The van der Waals surface area contributed by atoms with Crippen molar-refractivity contribution < 1.29 is 0 Å². The standard InChI is InChI=1S/C15H28N4/c1-5-16-14(13-9-10-17-19(13)6-2)15(3,4)18-11-7-8-12-18/h9-10,14,16H,5-8,11-12H2,1-4H3. The molecule has 0 saturated carbocycles. The van der Waals surface area contributed by atoms with Gasteiger partial charge in [-0.2, -0.15) is 5.10 Å². The lowest BCUT2D eigenvalue weighted by Crippen LogP contribution is -2.52. The Morgan fingerprint density at radius 2 is 2.00 bits per heavy atom. The van der Waals surface area contributed by atoms with Crippen LogP contribution in [0.1, 0.15) is 52.3 Å². The molecular weight excluding hydrogens is 236 g/mol. The van der Waals surface area contributed by atoms with Crippen molar-refractivity contribution in [3.63, 3.8) is 0 Å². The first kappa shape index (κ1) is 14.5. The van der Waals surface area contributed by atoms with Gasteiger partial charge in [0.05, 0.1) is 11.7 Å². The van der Waals surface area contributed by atoms with Crippen LogP contribution >= 0.6 is 0 Å². The first-order valence-corrected chi connectivity index (χ1v) is 7.61. The summed E-state index contributed by atoms with van der Waals surface area (Å²) < 4.78 is 2.12. The number of aromatic nitrogens is 2.